The van der Waals surface area contributed by atoms with Crippen LogP contribution in [0.2, 0.25) is 5.02 Å². The molecular formula is C21H16ClN5O5. The third kappa shape index (κ3) is 3.71. The van der Waals surface area contributed by atoms with Crippen LogP contribution in [0.1, 0.15) is 32.3 Å². The zero-order chi connectivity index (χ0) is 22.8. The van der Waals surface area contributed by atoms with E-state index in [1.807, 2.05) is 0 Å². The van der Waals surface area contributed by atoms with E-state index < -0.39 is 23.8 Å². The molecule has 0 amide bonds. The van der Waals surface area contributed by atoms with E-state index in [1.165, 1.54) is 18.9 Å². The maximum atomic E-state index is 13.6. The maximum Gasteiger partial charge on any atom is 0.355 e. The summed E-state index contributed by atoms with van der Waals surface area (Å²) in [7, 11) is 2.49. The maximum absolute atomic E-state index is 13.6. The summed E-state index contributed by atoms with van der Waals surface area (Å²) in [5, 5.41) is 14.8. The number of esters is 2. The summed E-state index contributed by atoms with van der Waals surface area (Å²) in [4.78, 5) is 38.0. The van der Waals surface area contributed by atoms with Crippen LogP contribution in [0, 0.1) is 0 Å². The normalized spacial score (nSPS) is 14.9. The Bertz CT molecular complexity index is 1230. The molecule has 0 spiro atoms. The number of hydrogen-bond acceptors (Lipinski definition) is 9. The molecule has 162 valence electrons. The van der Waals surface area contributed by atoms with E-state index in [4.69, 9.17) is 21.1 Å². The summed E-state index contributed by atoms with van der Waals surface area (Å²) in [5.74, 6) is -1.56. The minimum atomic E-state index is -0.870. The second-order valence-corrected chi connectivity index (χ2v) is 7.14. The van der Waals surface area contributed by atoms with Crippen LogP contribution < -0.4 is 5.32 Å². The zero-order valence-electron chi connectivity index (χ0n) is 16.9. The predicted octanol–water partition coefficient (Wildman–Crippen LogP) is 2.44. The van der Waals surface area contributed by atoms with Crippen LogP contribution in [-0.4, -0.2) is 52.1 Å². The van der Waals surface area contributed by atoms with Crippen molar-refractivity contribution >= 4 is 35.3 Å². The van der Waals surface area contributed by atoms with Crippen molar-refractivity contribution in [2.24, 2.45) is 0 Å². The van der Waals surface area contributed by atoms with Crippen LogP contribution in [0.15, 0.2) is 59.8 Å². The molecule has 10 nitrogen and oxygen atoms in total. The first-order valence-electron chi connectivity index (χ1n) is 9.30. The van der Waals surface area contributed by atoms with E-state index in [1.54, 1.807) is 48.5 Å². The Morgan fingerprint density at radius 3 is 2.19 bits per heavy atom. The number of Topliss-reactive ketones (excluding diaryl/α,β-unsaturated/α-hetero) is 1. The molecular weight excluding hydrogens is 438 g/mol. The fourth-order valence-corrected chi connectivity index (χ4v) is 3.50. The first-order valence-corrected chi connectivity index (χ1v) is 9.68. The largest absolute Gasteiger partial charge is 0.465 e. The molecule has 32 heavy (non-hydrogen) atoms. The minimum Gasteiger partial charge on any atom is -0.465 e. The second kappa shape index (κ2) is 8.60. The highest BCUT2D eigenvalue weighted by atomic mass is 35.5. The van der Waals surface area contributed by atoms with E-state index in [9.17, 15) is 14.4 Å². The average molecular weight is 454 g/mol. The van der Waals surface area contributed by atoms with Crippen LogP contribution in [0.4, 0.5) is 5.95 Å². The number of halogens is 1. The van der Waals surface area contributed by atoms with Gasteiger partial charge in [0.1, 0.15) is 11.7 Å². The molecule has 0 bridgehead atoms. The first kappa shape index (κ1) is 21.2. The number of benzene rings is 2. The van der Waals surface area contributed by atoms with E-state index >= 15 is 0 Å². The molecule has 1 aliphatic heterocycles. The number of hydrogen-bond donors (Lipinski definition) is 1. The lowest BCUT2D eigenvalue weighted by molar-refractivity contribution is -0.136. The van der Waals surface area contributed by atoms with Crippen molar-refractivity contribution in [2.45, 2.75) is 6.04 Å². The van der Waals surface area contributed by atoms with Gasteiger partial charge in [-0.2, -0.15) is 4.68 Å². The van der Waals surface area contributed by atoms with Gasteiger partial charge in [0.05, 0.1) is 25.4 Å². The fraction of sp³-hybridized carbons (Fsp3) is 0.143. The third-order valence-electron chi connectivity index (χ3n) is 4.91. The van der Waals surface area contributed by atoms with E-state index in [0.29, 0.717) is 21.7 Å². The molecule has 0 saturated heterocycles. The van der Waals surface area contributed by atoms with Gasteiger partial charge in [0.15, 0.2) is 5.78 Å². The van der Waals surface area contributed by atoms with Gasteiger partial charge < -0.3 is 14.8 Å². The summed E-state index contributed by atoms with van der Waals surface area (Å²) < 4.78 is 11.0. The van der Waals surface area contributed by atoms with Crippen LogP contribution in [0.25, 0.3) is 0 Å². The number of carbonyl (C=O) groups excluding carboxylic acids is 3. The lowest BCUT2D eigenvalue weighted by Crippen LogP contribution is -2.33. The summed E-state index contributed by atoms with van der Waals surface area (Å²) >= 11 is 5.95. The Balaban J connectivity index is 1.90. The van der Waals surface area contributed by atoms with Gasteiger partial charge in [-0.1, -0.05) is 28.8 Å². The van der Waals surface area contributed by atoms with Crippen molar-refractivity contribution in [3.63, 3.8) is 0 Å². The van der Waals surface area contributed by atoms with Crippen molar-refractivity contribution in [3.05, 3.63) is 81.5 Å². The summed E-state index contributed by atoms with van der Waals surface area (Å²) in [6.07, 6.45) is 0. The molecule has 2 aromatic carbocycles. The number of methoxy groups -OCH3 is 2. The van der Waals surface area contributed by atoms with E-state index in [2.05, 4.69) is 20.8 Å². The molecule has 2 heterocycles. The van der Waals surface area contributed by atoms with Crippen molar-refractivity contribution < 1.29 is 23.9 Å². The number of rotatable bonds is 5. The molecule has 0 unspecified atom stereocenters. The lowest BCUT2D eigenvalue weighted by atomic mass is 9.89. The number of ketones is 1. The van der Waals surface area contributed by atoms with Gasteiger partial charge in [-0.05, 0) is 52.4 Å². The van der Waals surface area contributed by atoms with Crippen molar-refractivity contribution in [3.8, 4) is 0 Å². The highest BCUT2D eigenvalue weighted by Crippen LogP contribution is 2.36. The average Bonchev–Trinajstić information content (AvgIpc) is 3.30. The number of nitrogens with one attached hydrogen (secondary N) is 1. The molecule has 1 atom stereocenters. The topological polar surface area (TPSA) is 125 Å². The highest BCUT2D eigenvalue weighted by Gasteiger charge is 2.38. The molecule has 4 rings (SSSR count). The van der Waals surface area contributed by atoms with E-state index in [0.717, 1.165) is 0 Å². The quantitative estimate of drug-likeness (QED) is 0.457. The SMILES string of the molecule is COC(=O)C1=C(C(=O)c2ccc(Cl)cc2)[C@@H](c2ccc(C(=O)OC)cc2)n2nnnc2N1. The van der Waals surface area contributed by atoms with Crippen molar-refractivity contribution in [1.29, 1.82) is 0 Å². The Morgan fingerprint density at radius 2 is 1.56 bits per heavy atom. The second-order valence-electron chi connectivity index (χ2n) is 6.70. The number of allylic oxidation sites excluding steroid dienone is 1. The van der Waals surface area contributed by atoms with E-state index in [-0.39, 0.29) is 17.2 Å². The van der Waals surface area contributed by atoms with Crippen LogP contribution >= 0.6 is 11.6 Å². The minimum absolute atomic E-state index is 0.0739. The molecule has 1 aromatic heterocycles. The smallest absolute Gasteiger partial charge is 0.355 e. The van der Waals surface area contributed by atoms with Gasteiger partial charge in [-0.3, -0.25) is 4.79 Å². The van der Waals surface area contributed by atoms with Crippen LogP contribution in [0.5, 0.6) is 0 Å². The van der Waals surface area contributed by atoms with Crippen LogP contribution in [0.3, 0.4) is 0 Å². The highest BCUT2D eigenvalue weighted by molar-refractivity contribution is 6.30. The molecule has 1 N–H and O–H groups in total. The Labute approximate surface area is 186 Å². The number of aromatic nitrogens is 4. The van der Waals surface area contributed by atoms with Crippen LogP contribution in [-0.2, 0) is 14.3 Å². The standard InChI is InChI=1S/C21H16ClN5O5/c1-31-19(29)13-5-3-11(4-6-13)17-15(18(28)12-7-9-14(22)10-8-12)16(20(30)32-2)23-21-24-25-26-27(17)21/h3-10,17H,1-2H3,(H,23,24,26)/t17-/m1/s1. The predicted molar refractivity (Wildman–Crippen MR) is 112 cm³/mol. The number of carbonyl (C=O) groups is 3. The molecule has 0 radical (unpaired) electrons. The number of nitrogens with zero attached hydrogens (tertiary/aromatic N) is 4. The van der Waals surface area contributed by atoms with Crippen molar-refractivity contribution in [1.82, 2.24) is 20.2 Å². The monoisotopic (exact) mass is 453 g/mol. The van der Waals surface area contributed by atoms with Gasteiger partial charge in [0, 0.05) is 10.6 Å². The molecule has 11 heteroatoms. The zero-order valence-corrected chi connectivity index (χ0v) is 17.7. The van der Waals surface area contributed by atoms with Crippen molar-refractivity contribution in [2.75, 3.05) is 19.5 Å². The number of anilines is 1. The van der Waals surface area contributed by atoms with Gasteiger partial charge >= 0.3 is 11.9 Å². The third-order valence-corrected chi connectivity index (χ3v) is 5.16. The number of fused-ring (bicyclic) bond motifs is 1. The lowest BCUT2D eigenvalue weighted by Gasteiger charge is -2.28. The molecule has 1 aliphatic rings. The Morgan fingerprint density at radius 1 is 0.938 bits per heavy atom. The number of tetrazole rings is 1. The first-order chi connectivity index (χ1) is 15.4. The van der Waals surface area contributed by atoms with Gasteiger partial charge in [0.2, 0.25) is 5.95 Å². The van der Waals surface area contributed by atoms with Gasteiger partial charge in [-0.25, -0.2) is 9.59 Å². The molecule has 0 aliphatic carbocycles. The summed E-state index contributed by atoms with van der Waals surface area (Å²) in [6, 6.07) is 11.8. The van der Waals surface area contributed by atoms with Gasteiger partial charge in [-0.15, -0.1) is 0 Å². The Hall–Kier alpha value is -4.05. The Kier molecular flexibility index (Phi) is 5.69. The molecule has 3 aromatic rings. The summed E-state index contributed by atoms with van der Waals surface area (Å²) in [6.45, 7) is 0. The fourth-order valence-electron chi connectivity index (χ4n) is 3.37. The molecule has 0 fully saturated rings. The number of ether oxygens (including phenoxy) is 2. The summed E-state index contributed by atoms with van der Waals surface area (Å²) in [5.41, 5.74) is 1.18. The molecule has 0 saturated carbocycles. The van der Waals surface area contributed by atoms with Gasteiger partial charge in [0.25, 0.3) is 0 Å².